The number of aromatic nitrogens is 2. The first-order valence-electron chi connectivity index (χ1n) is 4.68. The number of rotatable bonds is 2. The largest absolute Gasteiger partial charge is 0.238 e. The van der Waals surface area contributed by atoms with Crippen molar-refractivity contribution in [3.8, 4) is 5.69 Å². The summed E-state index contributed by atoms with van der Waals surface area (Å²) in [7, 11) is 0. The second-order valence-corrected chi connectivity index (χ2v) is 4.80. The Bertz CT molecular complexity index is 503. The molecule has 1 heterocycles. The van der Waals surface area contributed by atoms with Gasteiger partial charge in [0, 0.05) is 11.5 Å². The fraction of sp³-hybridized carbons (Fsp3) is 0.182. The van der Waals surface area contributed by atoms with Gasteiger partial charge in [0.1, 0.15) is 0 Å². The molecule has 0 saturated heterocycles. The summed E-state index contributed by atoms with van der Waals surface area (Å²) in [6.45, 7) is 1.86. The summed E-state index contributed by atoms with van der Waals surface area (Å²) in [5.41, 5.74) is 2.76. The minimum Gasteiger partial charge on any atom is -0.238 e. The van der Waals surface area contributed by atoms with E-state index in [1.807, 2.05) is 25.1 Å². The topological polar surface area (TPSA) is 17.8 Å². The smallest absolute Gasteiger partial charge is 0.0832 e. The van der Waals surface area contributed by atoms with Gasteiger partial charge in [-0.05, 0) is 24.6 Å². The molecule has 2 nitrogen and oxygen atoms in total. The molecule has 84 valence electrons. The van der Waals surface area contributed by atoms with Crippen LogP contribution in [-0.4, -0.2) is 9.78 Å². The zero-order valence-electron chi connectivity index (χ0n) is 8.54. The normalized spacial score (nSPS) is 10.8. The van der Waals surface area contributed by atoms with Gasteiger partial charge in [0.15, 0.2) is 0 Å². The third kappa shape index (κ3) is 2.26. The van der Waals surface area contributed by atoms with E-state index < -0.39 is 0 Å². The Balaban J connectivity index is 2.48. The molecule has 0 N–H and O–H groups in total. The van der Waals surface area contributed by atoms with Gasteiger partial charge in [0.25, 0.3) is 0 Å². The molecule has 0 fully saturated rings. The summed E-state index contributed by atoms with van der Waals surface area (Å²) >= 11 is 15.5. The highest BCUT2D eigenvalue weighted by Crippen LogP contribution is 2.24. The lowest BCUT2D eigenvalue weighted by molar-refractivity contribution is 0.862. The van der Waals surface area contributed by atoms with E-state index in [1.165, 1.54) is 0 Å². The van der Waals surface area contributed by atoms with Crippen LogP contribution in [0.25, 0.3) is 5.69 Å². The van der Waals surface area contributed by atoms with Crippen LogP contribution in [0, 0.1) is 6.92 Å². The molecule has 0 unspecified atom stereocenters. The third-order valence-electron chi connectivity index (χ3n) is 2.25. The Morgan fingerprint density at radius 3 is 2.56 bits per heavy atom. The van der Waals surface area contributed by atoms with Crippen molar-refractivity contribution < 1.29 is 0 Å². The van der Waals surface area contributed by atoms with E-state index in [0.717, 1.165) is 22.3 Å². The molecule has 0 saturated carbocycles. The van der Waals surface area contributed by atoms with Crippen LogP contribution in [0.5, 0.6) is 0 Å². The molecule has 2 aromatic rings. The van der Waals surface area contributed by atoms with Crippen molar-refractivity contribution in [3.05, 3.63) is 45.7 Å². The van der Waals surface area contributed by atoms with Gasteiger partial charge in [-0.3, -0.25) is 0 Å². The molecule has 1 aromatic carbocycles. The molecule has 2 rings (SSSR count). The quantitative estimate of drug-likeness (QED) is 0.751. The first-order valence-corrected chi connectivity index (χ1v) is 6.56. The fourth-order valence-corrected chi connectivity index (χ4v) is 2.15. The van der Waals surface area contributed by atoms with Crippen molar-refractivity contribution in [1.29, 1.82) is 0 Å². The number of alkyl halides is 1. The van der Waals surface area contributed by atoms with E-state index in [-0.39, 0.29) is 0 Å². The molecule has 0 aliphatic carbocycles. The molecular weight excluding hydrogens is 311 g/mol. The Morgan fingerprint density at radius 2 is 2.06 bits per heavy atom. The van der Waals surface area contributed by atoms with Gasteiger partial charge < -0.3 is 0 Å². The van der Waals surface area contributed by atoms with Crippen molar-refractivity contribution in [1.82, 2.24) is 9.78 Å². The molecule has 16 heavy (non-hydrogen) atoms. The van der Waals surface area contributed by atoms with Crippen LogP contribution in [0.4, 0.5) is 0 Å². The number of nitrogens with zero attached hydrogens (tertiary/aromatic N) is 2. The van der Waals surface area contributed by atoms with Gasteiger partial charge >= 0.3 is 0 Å². The highest BCUT2D eigenvalue weighted by molar-refractivity contribution is 9.08. The van der Waals surface area contributed by atoms with E-state index in [1.54, 1.807) is 10.9 Å². The van der Waals surface area contributed by atoms with Crippen LogP contribution >= 0.6 is 39.1 Å². The molecular formula is C11H9BrCl2N2. The van der Waals surface area contributed by atoms with Crippen molar-refractivity contribution in [2.45, 2.75) is 12.3 Å². The van der Waals surface area contributed by atoms with E-state index in [2.05, 4.69) is 21.0 Å². The van der Waals surface area contributed by atoms with Gasteiger partial charge in [0.05, 0.1) is 21.4 Å². The lowest BCUT2D eigenvalue weighted by Crippen LogP contribution is -1.96. The highest BCUT2D eigenvalue weighted by atomic mass is 79.9. The summed E-state index contributed by atoms with van der Waals surface area (Å²) in [6.07, 6.45) is 1.76. The van der Waals surface area contributed by atoms with E-state index in [9.17, 15) is 0 Å². The Labute approximate surface area is 112 Å². The van der Waals surface area contributed by atoms with Gasteiger partial charge in [-0.1, -0.05) is 45.2 Å². The summed E-state index contributed by atoms with van der Waals surface area (Å²) in [6, 6.07) is 5.85. The monoisotopic (exact) mass is 318 g/mol. The lowest BCUT2D eigenvalue weighted by Gasteiger charge is -2.05. The summed E-state index contributed by atoms with van der Waals surface area (Å²) < 4.78 is 1.69. The Kier molecular flexibility index (Phi) is 3.57. The summed E-state index contributed by atoms with van der Waals surface area (Å²) in [5.74, 6) is 0. The van der Waals surface area contributed by atoms with Crippen molar-refractivity contribution in [3.63, 3.8) is 0 Å². The molecule has 1 aromatic heterocycles. The van der Waals surface area contributed by atoms with Gasteiger partial charge in [0.2, 0.25) is 0 Å². The average Bonchev–Trinajstić information content (AvgIpc) is 2.58. The van der Waals surface area contributed by atoms with Gasteiger partial charge in [-0.2, -0.15) is 5.10 Å². The molecule has 0 atom stereocenters. The molecule has 5 heteroatoms. The van der Waals surface area contributed by atoms with Crippen LogP contribution in [0.1, 0.15) is 11.3 Å². The molecule has 0 amide bonds. The third-order valence-corrected chi connectivity index (χ3v) is 3.57. The highest BCUT2D eigenvalue weighted by Gasteiger charge is 2.07. The van der Waals surface area contributed by atoms with E-state index in [0.29, 0.717) is 10.0 Å². The number of halogens is 3. The first kappa shape index (κ1) is 12.0. The van der Waals surface area contributed by atoms with Crippen molar-refractivity contribution in [2.24, 2.45) is 0 Å². The van der Waals surface area contributed by atoms with Gasteiger partial charge in [-0.15, -0.1) is 0 Å². The van der Waals surface area contributed by atoms with Crippen LogP contribution in [0.2, 0.25) is 10.0 Å². The average molecular weight is 320 g/mol. The van der Waals surface area contributed by atoms with Crippen LogP contribution < -0.4 is 0 Å². The zero-order valence-corrected chi connectivity index (χ0v) is 11.6. The van der Waals surface area contributed by atoms with E-state index >= 15 is 0 Å². The van der Waals surface area contributed by atoms with Crippen LogP contribution in [-0.2, 0) is 5.33 Å². The summed E-state index contributed by atoms with van der Waals surface area (Å²) in [5, 5.41) is 6.37. The zero-order chi connectivity index (χ0) is 11.7. The molecule has 0 spiro atoms. The van der Waals surface area contributed by atoms with E-state index in [4.69, 9.17) is 23.2 Å². The van der Waals surface area contributed by atoms with Crippen molar-refractivity contribution >= 4 is 39.1 Å². The standard InChI is InChI=1S/C11H9BrCl2N2/c1-7-10(14)6-16(15-7)11-3-2-8(5-12)4-9(11)13/h2-4,6H,5H2,1H3. The maximum atomic E-state index is 6.18. The molecule has 0 aliphatic heterocycles. The Hall–Kier alpha value is -0.510. The predicted molar refractivity (Wildman–Crippen MR) is 71.0 cm³/mol. The maximum absolute atomic E-state index is 6.18. The maximum Gasteiger partial charge on any atom is 0.0832 e. The van der Waals surface area contributed by atoms with Crippen LogP contribution in [0.15, 0.2) is 24.4 Å². The molecule has 0 bridgehead atoms. The minimum atomic E-state index is 0.639. The first-order chi connectivity index (χ1) is 7.61. The number of aryl methyl sites for hydroxylation is 1. The van der Waals surface area contributed by atoms with Crippen LogP contribution in [0.3, 0.4) is 0 Å². The van der Waals surface area contributed by atoms with Crippen molar-refractivity contribution in [2.75, 3.05) is 0 Å². The number of hydrogen-bond donors (Lipinski definition) is 0. The lowest BCUT2D eigenvalue weighted by atomic mass is 10.2. The SMILES string of the molecule is Cc1nn(-c2ccc(CBr)cc2Cl)cc1Cl. The second kappa shape index (κ2) is 4.78. The second-order valence-electron chi connectivity index (χ2n) is 3.43. The van der Waals surface area contributed by atoms with Gasteiger partial charge in [-0.25, -0.2) is 4.68 Å². The fourth-order valence-electron chi connectivity index (χ4n) is 1.38. The molecule has 0 aliphatic rings. The predicted octanol–water partition coefficient (Wildman–Crippen LogP) is 4.38. The summed E-state index contributed by atoms with van der Waals surface area (Å²) in [4.78, 5) is 0. The number of hydrogen-bond acceptors (Lipinski definition) is 1. The minimum absolute atomic E-state index is 0.639. The number of benzene rings is 1. The Morgan fingerprint density at radius 1 is 1.31 bits per heavy atom. The molecule has 0 radical (unpaired) electrons.